The van der Waals surface area contributed by atoms with E-state index in [1.54, 1.807) is 62.4 Å². The number of carbonyl (C=O) groups excluding carboxylic acids is 2. The maximum atomic E-state index is 13.9. The first-order chi connectivity index (χ1) is 25.4. The molecule has 2 aliphatic carbocycles. The number of allylic oxidation sites excluding steroid dienone is 4. The first-order valence-corrected chi connectivity index (χ1v) is 18.5. The normalized spacial score (nSPS) is 15.9. The van der Waals surface area contributed by atoms with Crippen molar-refractivity contribution >= 4 is 91.6 Å². The van der Waals surface area contributed by atoms with Crippen LogP contribution in [0.25, 0.3) is 33.4 Å². The topological polar surface area (TPSA) is 139 Å². The molecule has 6 rings (SSSR count). The molecule has 0 bridgehead atoms. The summed E-state index contributed by atoms with van der Waals surface area (Å²) in [5.74, 6) is -3.61. The van der Waals surface area contributed by atoms with Crippen molar-refractivity contribution in [1.29, 1.82) is 0 Å². The van der Waals surface area contributed by atoms with Crippen molar-refractivity contribution in [3.05, 3.63) is 126 Å². The summed E-state index contributed by atoms with van der Waals surface area (Å²) in [6.07, 6.45) is 2.76. The van der Waals surface area contributed by atoms with Gasteiger partial charge in [0.2, 0.25) is 11.6 Å². The van der Waals surface area contributed by atoms with E-state index in [2.05, 4.69) is 10.6 Å². The molecule has 0 saturated carbocycles. The van der Waals surface area contributed by atoms with E-state index < -0.39 is 23.1 Å². The number of phenolic OH excluding ortho intramolecular Hbond substituents is 2. The van der Waals surface area contributed by atoms with Crippen LogP contribution in [0.3, 0.4) is 0 Å². The highest BCUT2D eigenvalue weighted by Gasteiger charge is 2.38. The van der Waals surface area contributed by atoms with Gasteiger partial charge in [-0.3, -0.25) is 9.59 Å². The van der Waals surface area contributed by atoms with E-state index in [1.165, 1.54) is 12.4 Å². The van der Waals surface area contributed by atoms with Crippen LogP contribution in [0.1, 0.15) is 61.1 Å². The smallest absolute Gasteiger partial charge is 0.229 e. The maximum absolute atomic E-state index is 13.9. The van der Waals surface area contributed by atoms with Crippen molar-refractivity contribution in [2.75, 3.05) is 10.6 Å². The molecule has 2 aliphatic rings. The Hall–Kier alpha value is -4.86. The van der Waals surface area contributed by atoms with Crippen LogP contribution in [0.2, 0.25) is 20.1 Å². The van der Waals surface area contributed by atoms with Crippen molar-refractivity contribution in [2.24, 2.45) is 11.8 Å². The van der Waals surface area contributed by atoms with Gasteiger partial charge in [0.1, 0.15) is 11.5 Å². The Morgan fingerprint density at radius 1 is 0.537 bits per heavy atom. The zero-order chi connectivity index (χ0) is 39.5. The number of carbonyl (C=O) groups is 2. The number of aryl methyl sites for hydroxylation is 2. The minimum absolute atomic E-state index is 0.0386. The highest BCUT2D eigenvalue weighted by atomic mass is 35.5. The van der Waals surface area contributed by atoms with Gasteiger partial charge in [-0.25, -0.2) is 0 Å². The number of anilines is 2. The summed E-state index contributed by atoms with van der Waals surface area (Å²) in [6.45, 7) is 10.8. The van der Waals surface area contributed by atoms with Gasteiger partial charge in [-0.05, 0) is 84.3 Å². The number of halogens is 4. The average molecular weight is 807 g/mol. The molecule has 0 aliphatic heterocycles. The molecule has 0 fully saturated rings. The molecule has 0 saturated heterocycles. The monoisotopic (exact) mass is 804 g/mol. The minimum atomic E-state index is -0.721. The molecule has 8 nitrogen and oxygen atoms in total. The number of ketones is 2. The predicted octanol–water partition coefficient (Wildman–Crippen LogP) is 11.9. The highest BCUT2D eigenvalue weighted by molar-refractivity contribution is 6.43. The van der Waals surface area contributed by atoms with Gasteiger partial charge in [0.15, 0.2) is 11.5 Å². The first kappa shape index (κ1) is 38.9. The summed E-state index contributed by atoms with van der Waals surface area (Å²) >= 11 is 24.6. The summed E-state index contributed by atoms with van der Waals surface area (Å²) in [4.78, 5) is 27.7. The molecule has 0 heterocycles. The van der Waals surface area contributed by atoms with E-state index >= 15 is 0 Å². The molecule has 4 aromatic carbocycles. The molecule has 4 aromatic rings. The Bertz CT molecular complexity index is 2270. The molecule has 0 unspecified atom stereocenters. The number of aliphatic hydroxyl groups excluding tert-OH is 2. The van der Waals surface area contributed by atoms with E-state index in [0.717, 1.165) is 0 Å². The number of hydrogen-bond acceptors (Lipinski definition) is 8. The van der Waals surface area contributed by atoms with E-state index in [4.69, 9.17) is 46.4 Å². The molecule has 0 spiro atoms. The fourth-order valence-electron chi connectivity index (χ4n) is 7.11. The standard InChI is InChI=1S/C42H36Cl4N2O6/c1-17(2)31-23-11-19(5)33(39(51)35(23)25(37(49)41(31)53)15-47-21-7-9-27(43)29(45)13-21)34-20(6)12-24-32(18(3)4)42(54)38(50)26(36(24)40(34)52)16-48-22-8-10-28(44)30(46)14-22/h7-18,47-48,51-54H,1-6H3. The fourth-order valence-corrected chi connectivity index (χ4v) is 7.71. The molecular formula is C42H36Cl4N2O6. The molecule has 12 heteroatoms. The Morgan fingerprint density at radius 3 is 1.20 bits per heavy atom. The van der Waals surface area contributed by atoms with Crippen LogP contribution in [0.5, 0.6) is 11.5 Å². The molecule has 6 N–H and O–H groups in total. The largest absolute Gasteiger partial charge is 0.507 e. The predicted molar refractivity (Wildman–Crippen MR) is 220 cm³/mol. The van der Waals surface area contributed by atoms with Gasteiger partial charge in [0.05, 0.1) is 31.2 Å². The van der Waals surface area contributed by atoms with Crippen molar-refractivity contribution in [3.63, 3.8) is 0 Å². The van der Waals surface area contributed by atoms with Crippen molar-refractivity contribution in [1.82, 2.24) is 0 Å². The molecule has 278 valence electrons. The molecule has 0 radical (unpaired) electrons. The SMILES string of the molecule is Cc1cc2c(c(O)c1-c1c(C)cc3c(c1O)C(=CNc1ccc(Cl)c(Cl)c1)C(=O)C(O)=C3C(C)C)C(=CNc1ccc(Cl)c(Cl)c1)C(=O)C(O)=C2C(C)C. The zero-order valence-corrected chi connectivity index (χ0v) is 33.1. The summed E-state index contributed by atoms with van der Waals surface area (Å²) in [5.41, 5.74) is 4.22. The van der Waals surface area contributed by atoms with Gasteiger partial charge in [-0.2, -0.15) is 0 Å². The van der Waals surface area contributed by atoms with Gasteiger partial charge < -0.3 is 31.1 Å². The average Bonchev–Trinajstić information content (AvgIpc) is 3.09. The van der Waals surface area contributed by atoms with Crippen LogP contribution in [-0.4, -0.2) is 32.0 Å². The number of benzene rings is 4. The Morgan fingerprint density at radius 2 is 0.889 bits per heavy atom. The van der Waals surface area contributed by atoms with E-state index in [0.29, 0.717) is 54.8 Å². The van der Waals surface area contributed by atoms with E-state index in [9.17, 15) is 30.0 Å². The van der Waals surface area contributed by atoms with Crippen molar-refractivity contribution in [2.45, 2.75) is 41.5 Å². The van der Waals surface area contributed by atoms with Crippen LogP contribution in [0.15, 0.2) is 72.4 Å². The van der Waals surface area contributed by atoms with Crippen LogP contribution < -0.4 is 10.6 Å². The molecule has 0 aromatic heterocycles. The number of Topliss-reactive ketones (excluding diaryl/α,β-unsaturated/α-hetero) is 2. The first-order valence-electron chi connectivity index (χ1n) is 17.0. The van der Waals surface area contributed by atoms with E-state index in [-0.39, 0.29) is 66.8 Å². The fraction of sp³-hybridized carbons (Fsp3) is 0.190. The molecule has 0 atom stereocenters. The van der Waals surface area contributed by atoms with Crippen molar-refractivity contribution < 1.29 is 30.0 Å². The molecule has 0 amide bonds. The number of aromatic hydroxyl groups is 2. The maximum Gasteiger partial charge on any atom is 0.229 e. The van der Waals surface area contributed by atoms with Crippen LogP contribution in [-0.2, 0) is 9.59 Å². The number of nitrogens with one attached hydrogen (secondary N) is 2. The second-order valence-electron chi connectivity index (χ2n) is 13.8. The Labute approximate surface area is 332 Å². The highest BCUT2D eigenvalue weighted by Crippen LogP contribution is 2.53. The van der Waals surface area contributed by atoms with Gasteiger partial charge >= 0.3 is 0 Å². The number of rotatable bonds is 7. The van der Waals surface area contributed by atoms with Gasteiger partial charge in [0.25, 0.3) is 0 Å². The summed E-state index contributed by atoms with van der Waals surface area (Å²) in [7, 11) is 0. The lowest BCUT2D eigenvalue weighted by atomic mass is 9.75. The number of fused-ring (bicyclic) bond motifs is 2. The Kier molecular flexibility index (Phi) is 10.6. The molecule has 54 heavy (non-hydrogen) atoms. The minimum Gasteiger partial charge on any atom is -0.507 e. The zero-order valence-electron chi connectivity index (χ0n) is 30.0. The van der Waals surface area contributed by atoms with Gasteiger partial charge in [-0.1, -0.05) is 86.2 Å². The second kappa shape index (κ2) is 14.8. The lowest BCUT2D eigenvalue weighted by Gasteiger charge is -2.29. The number of phenols is 2. The third kappa shape index (κ3) is 6.62. The number of aliphatic hydroxyl groups is 2. The van der Waals surface area contributed by atoms with Gasteiger partial charge in [0, 0.05) is 57.2 Å². The molecular weight excluding hydrogens is 770 g/mol. The van der Waals surface area contributed by atoms with E-state index in [1.807, 2.05) is 27.7 Å². The second-order valence-corrected chi connectivity index (χ2v) is 15.5. The third-order valence-electron chi connectivity index (χ3n) is 9.56. The van der Waals surface area contributed by atoms with Crippen LogP contribution >= 0.6 is 46.4 Å². The summed E-state index contributed by atoms with van der Waals surface area (Å²) in [5, 5.41) is 54.4. The lowest BCUT2D eigenvalue weighted by molar-refractivity contribution is -0.113. The summed E-state index contributed by atoms with van der Waals surface area (Å²) in [6, 6.07) is 13.1. The number of hydrogen-bond donors (Lipinski definition) is 6. The van der Waals surface area contributed by atoms with Crippen molar-refractivity contribution in [3.8, 4) is 22.6 Å². The van der Waals surface area contributed by atoms with Crippen LogP contribution in [0.4, 0.5) is 11.4 Å². The quantitative estimate of drug-likeness (QED) is 0.102. The van der Waals surface area contributed by atoms with Crippen LogP contribution in [0, 0.1) is 25.7 Å². The van der Waals surface area contributed by atoms with Gasteiger partial charge in [-0.15, -0.1) is 0 Å². The third-order valence-corrected chi connectivity index (χ3v) is 11.0. The summed E-state index contributed by atoms with van der Waals surface area (Å²) < 4.78 is 0. The lowest BCUT2D eigenvalue weighted by Crippen LogP contribution is -2.20. The Balaban J connectivity index is 1.62.